The highest BCUT2D eigenvalue weighted by molar-refractivity contribution is 7.99. The van der Waals surface area contributed by atoms with Crippen molar-refractivity contribution in [3.05, 3.63) is 35.9 Å². The van der Waals surface area contributed by atoms with Crippen molar-refractivity contribution < 1.29 is 19.8 Å². The normalized spacial score (nSPS) is 10.9. The zero-order valence-corrected chi connectivity index (χ0v) is 17.2. The maximum absolute atomic E-state index is 12.6. The van der Waals surface area contributed by atoms with Crippen molar-refractivity contribution in [3.8, 4) is 5.75 Å². The first-order valence-electron chi connectivity index (χ1n) is 9.92. The Morgan fingerprint density at radius 1 is 1.04 bits per heavy atom. The van der Waals surface area contributed by atoms with E-state index in [1.807, 2.05) is 18.2 Å². The molecule has 0 aliphatic carbocycles. The summed E-state index contributed by atoms with van der Waals surface area (Å²) in [7, 11) is 0. The molecule has 0 aliphatic heterocycles. The zero-order chi connectivity index (χ0) is 20.4. The number of fused-ring (bicyclic) bond motifs is 1. The number of carbonyl (C=O) groups is 2. The second kappa shape index (κ2) is 11.6. The topological polar surface area (TPSA) is 86.6 Å². The quantitative estimate of drug-likeness (QED) is 0.335. The second-order valence-corrected chi connectivity index (χ2v) is 7.97. The molecular weight excluding hydrogens is 374 g/mol. The summed E-state index contributed by atoms with van der Waals surface area (Å²) in [5.74, 6) is -0.772. The number of phenolic OH excluding ortho intramolecular Hbond substituents is 1. The summed E-state index contributed by atoms with van der Waals surface area (Å²) in [5.41, 5.74) is 0.238. The van der Waals surface area contributed by atoms with Gasteiger partial charge in [0.05, 0.1) is 12.0 Å². The van der Waals surface area contributed by atoms with Gasteiger partial charge in [0, 0.05) is 22.6 Å². The Morgan fingerprint density at radius 3 is 2.43 bits per heavy atom. The molecule has 0 heterocycles. The van der Waals surface area contributed by atoms with Crippen LogP contribution in [0.4, 0.5) is 0 Å². The predicted molar refractivity (Wildman–Crippen MR) is 114 cm³/mol. The molecule has 5 nitrogen and oxygen atoms in total. The fourth-order valence-electron chi connectivity index (χ4n) is 3.07. The highest BCUT2D eigenvalue weighted by Gasteiger charge is 2.17. The van der Waals surface area contributed by atoms with Crippen LogP contribution in [0.3, 0.4) is 0 Å². The van der Waals surface area contributed by atoms with E-state index in [9.17, 15) is 14.7 Å². The molecule has 0 saturated carbocycles. The molecule has 0 fully saturated rings. The van der Waals surface area contributed by atoms with E-state index in [1.165, 1.54) is 37.4 Å². The molecule has 3 N–H and O–H groups in total. The van der Waals surface area contributed by atoms with Crippen LogP contribution in [0.25, 0.3) is 10.8 Å². The number of rotatable bonds is 12. The number of aromatic hydroxyl groups is 1. The number of amides is 1. The molecule has 0 aliphatic rings. The van der Waals surface area contributed by atoms with Gasteiger partial charge in [-0.3, -0.25) is 9.59 Å². The van der Waals surface area contributed by atoms with Crippen LogP contribution >= 0.6 is 11.8 Å². The van der Waals surface area contributed by atoms with Crippen LogP contribution in [0, 0.1) is 0 Å². The van der Waals surface area contributed by atoms with Gasteiger partial charge in [-0.1, -0.05) is 63.3 Å². The van der Waals surface area contributed by atoms with Crippen LogP contribution in [0.5, 0.6) is 5.75 Å². The third kappa shape index (κ3) is 6.44. The van der Waals surface area contributed by atoms with Gasteiger partial charge in [-0.2, -0.15) is 0 Å². The lowest BCUT2D eigenvalue weighted by atomic mass is 10.0. The lowest BCUT2D eigenvalue weighted by Gasteiger charge is -2.13. The monoisotopic (exact) mass is 403 g/mol. The van der Waals surface area contributed by atoms with Gasteiger partial charge in [0.25, 0.3) is 5.91 Å². The second-order valence-electron chi connectivity index (χ2n) is 6.83. The Bertz CT molecular complexity index is 806. The minimum atomic E-state index is -0.854. The number of aliphatic carboxylic acids is 1. The van der Waals surface area contributed by atoms with Crippen LogP contribution in [-0.4, -0.2) is 34.4 Å². The average molecular weight is 404 g/mol. The van der Waals surface area contributed by atoms with E-state index in [4.69, 9.17) is 5.11 Å². The average Bonchev–Trinajstić information content (AvgIpc) is 2.68. The lowest BCUT2D eigenvalue weighted by Crippen LogP contribution is -2.24. The highest BCUT2D eigenvalue weighted by atomic mass is 32.2. The van der Waals surface area contributed by atoms with Crippen molar-refractivity contribution >= 4 is 34.4 Å². The summed E-state index contributed by atoms with van der Waals surface area (Å²) in [5, 5.41) is 23.8. The zero-order valence-electron chi connectivity index (χ0n) is 16.4. The summed E-state index contributed by atoms with van der Waals surface area (Å²) >= 11 is 1.39. The number of carboxylic acid groups (broad SMARTS) is 1. The number of hydrogen-bond acceptors (Lipinski definition) is 4. The molecule has 2 rings (SSSR count). The van der Waals surface area contributed by atoms with E-state index in [1.54, 1.807) is 12.1 Å². The van der Waals surface area contributed by atoms with Gasteiger partial charge in [0.2, 0.25) is 0 Å². The minimum absolute atomic E-state index is 0.0290. The first kappa shape index (κ1) is 22.1. The number of benzene rings is 2. The molecule has 0 saturated heterocycles. The Labute approximate surface area is 170 Å². The molecule has 0 spiro atoms. The standard InChI is InChI=1S/C22H29NO4S/c1-2-3-4-5-6-9-13-23-22(27)18-15-19(28-14-12-20(24)25)16-10-7-8-11-17(16)21(18)26/h7-8,10-11,15,26H,2-6,9,12-14H2,1H3,(H,23,27)(H,24,25). The maximum Gasteiger partial charge on any atom is 0.304 e. The van der Waals surface area contributed by atoms with Crippen LogP contribution in [0.1, 0.15) is 62.2 Å². The van der Waals surface area contributed by atoms with E-state index >= 15 is 0 Å². The van der Waals surface area contributed by atoms with Crippen molar-refractivity contribution in [2.45, 2.75) is 56.8 Å². The molecule has 2 aromatic carbocycles. The van der Waals surface area contributed by atoms with Crippen molar-refractivity contribution in [2.24, 2.45) is 0 Å². The van der Waals surface area contributed by atoms with E-state index in [0.717, 1.165) is 23.1 Å². The smallest absolute Gasteiger partial charge is 0.304 e. The van der Waals surface area contributed by atoms with Crippen molar-refractivity contribution in [2.75, 3.05) is 12.3 Å². The number of nitrogens with one attached hydrogen (secondary N) is 1. The van der Waals surface area contributed by atoms with Gasteiger partial charge >= 0.3 is 5.97 Å². The number of thioether (sulfide) groups is 1. The fraction of sp³-hybridized carbons (Fsp3) is 0.455. The van der Waals surface area contributed by atoms with Gasteiger partial charge in [-0.05, 0) is 17.9 Å². The minimum Gasteiger partial charge on any atom is -0.506 e. The third-order valence-corrected chi connectivity index (χ3v) is 5.67. The van der Waals surface area contributed by atoms with Crippen LogP contribution in [0.15, 0.2) is 35.2 Å². The molecule has 1 amide bonds. The van der Waals surface area contributed by atoms with Crippen LogP contribution in [-0.2, 0) is 4.79 Å². The predicted octanol–water partition coefficient (Wildman–Crippen LogP) is 5.20. The Hall–Kier alpha value is -2.21. The molecule has 6 heteroatoms. The van der Waals surface area contributed by atoms with E-state index in [0.29, 0.717) is 17.7 Å². The number of hydrogen-bond donors (Lipinski definition) is 3. The molecule has 0 unspecified atom stereocenters. The number of unbranched alkanes of at least 4 members (excludes halogenated alkanes) is 5. The van der Waals surface area contributed by atoms with Gasteiger partial charge in [0.1, 0.15) is 5.75 Å². The molecule has 0 atom stereocenters. The van der Waals surface area contributed by atoms with Gasteiger partial charge in [-0.25, -0.2) is 0 Å². The number of phenols is 1. The Balaban J connectivity index is 2.07. The molecule has 0 radical (unpaired) electrons. The van der Waals surface area contributed by atoms with Crippen LogP contribution in [0.2, 0.25) is 0 Å². The number of carboxylic acids is 1. The first-order chi connectivity index (χ1) is 13.5. The Morgan fingerprint density at radius 2 is 1.71 bits per heavy atom. The maximum atomic E-state index is 12.6. The molecular formula is C22H29NO4S. The molecule has 152 valence electrons. The molecule has 28 heavy (non-hydrogen) atoms. The van der Waals surface area contributed by atoms with Crippen LogP contribution < -0.4 is 5.32 Å². The van der Waals surface area contributed by atoms with Crippen molar-refractivity contribution in [1.29, 1.82) is 0 Å². The first-order valence-corrected chi connectivity index (χ1v) is 10.9. The summed E-state index contributed by atoms with van der Waals surface area (Å²) in [6.45, 7) is 2.77. The summed E-state index contributed by atoms with van der Waals surface area (Å²) in [4.78, 5) is 24.2. The summed E-state index contributed by atoms with van der Waals surface area (Å²) in [6.07, 6.45) is 6.91. The SMILES string of the molecule is CCCCCCCCNC(=O)c1cc(SCCC(=O)O)c2ccccc2c1O. The molecule has 0 bridgehead atoms. The molecule has 2 aromatic rings. The highest BCUT2D eigenvalue weighted by Crippen LogP contribution is 2.36. The third-order valence-electron chi connectivity index (χ3n) is 4.61. The van der Waals surface area contributed by atoms with E-state index in [2.05, 4.69) is 12.2 Å². The van der Waals surface area contributed by atoms with Gasteiger partial charge < -0.3 is 15.5 Å². The molecule has 0 aromatic heterocycles. The van der Waals surface area contributed by atoms with Gasteiger partial charge in [-0.15, -0.1) is 11.8 Å². The fourth-order valence-corrected chi connectivity index (χ4v) is 4.10. The van der Waals surface area contributed by atoms with Gasteiger partial charge in [0.15, 0.2) is 0 Å². The number of carbonyl (C=O) groups excluding carboxylic acids is 1. The van der Waals surface area contributed by atoms with E-state index in [-0.39, 0.29) is 23.6 Å². The van der Waals surface area contributed by atoms with Crippen molar-refractivity contribution in [3.63, 3.8) is 0 Å². The Kier molecular flexibility index (Phi) is 9.14. The largest absolute Gasteiger partial charge is 0.506 e. The summed E-state index contributed by atoms with van der Waals surface area (Å²) < 4.78 is 0. The van der Waals surface area contributed by atoms with E-state index < -0.39 is 5.97 Å². The lowest BCUT2D eigenvalue weighted by molar-refractivity contribution is -0.136. The summed E-state index contributed by atoms with van der Waals surface area (Å²) in [6, 6.07) is 8.99. The van der Waals surface area contributed by atoms with Crippen molar-refractivity contribution in [1.82, 2.24) is 5.32 Å².